The number of rotatable bonds is 6. The summed E-state index contributed by atoms with van der Waals surface area (Å²) in [6.45, 7) is 15.5. The summed E-state index contributed by atoms with van der Waals surface area (Å²) >= 11 is 0. The zero-order chi connectivity index (χ0) is 23.7. The molecule has 0 radical (unpaired) electrons. The van der Waals surface area contributed by atoms with E-state index >= 15 is 0 Å². The molecule has 3 saturated carbocycles. The molecule has 0 aromatic heterocycles. The van der Waals surface area contributed by atoms with Crippen molar-refractivity contribution in [1.82, 2.24) is 0 Å². The molecule has 0 aliphatic heterocycles. The molecule has 3 rings (SSSR count). The Balaban J connectivity index is 2.19. The summed E-state index contributed by atoms with van der Waals surface area (Å²) in [5.41, 5.74) is -2.35. The van der Waals surface area contributed by atoms with E-state index in [1.807, 2.05) is 33.8 Å². The van der Waals surface area contributed by atoms with Gasteiger partial charge in [-0.1, -0.05) is 39.3 Å². The molecule has 3 fully saturated rings. The molecule has 4 unspecified atom stereocenters. The lowest BCUT2D eigenvalue weighted by molar-refractivity contribution is -0.180. The summed E-state index contributed by atoms with van der Waals surface area (Å²) in [6, 6.07) is 0. The summed E-state index contributed by atoms with van der Waals surface area (Å²) < 4.78 is 0. The third-order valence-electron chi connectivity index (χ3n) is 8.93. The average molecular weight is 435 g/mol. The monoisotopic (exact) mass is 434 g/mol. The molecule has 31 heavy (non-hydrogen) atoms. The number of carbonyl (C=O) groups is 2. The lowest BCUT2D eigenvalue weighted by Crippen LogP contribution is -2.63. The molecule has 0 heterocycles. The van der Waals surface area contributed by atoms with Gasteiger partial charge in [-0.15, -0.1) is 0 Å². The molecular formula is C26H42O5. The molecular weight excluding hydrogens is 392 g/mol. The number of allylic oxidation sites excluding steroid dienone is 2. The van der Waals surface area contributed by atoms with Gasteiger partial charge >= 0.3 is 0 Å². The van der Waals surface area contributed by atoms with Gasteiger partial charge in [-0.25, -0.2) is 0 Å². The highest BCUT2D eigenvalue weighted by Gasteiger charge is 2.79. The summed E-state index contributed by atoms with van der Waals surface area (Å²) in [4.78, 5) is 27.1. The maximum absolute atomic E-state index is 13.9. The van der Waals surface area contributed by atoms with Gasteiger partial charge < -0.3 is 15.3 Å². The predicted octanol–water partition coefficient (Wildman–Crippen LogP) is 3.69. The van der Waals surface area contributed by atoms with Crippen molar-refractivity contribution in [2.75, 3.05) is 0 Å². The van der Waals surface area contributed by atoms with Crippen LogP contribution in [0.2, 0.25) is 0 Å². The van der Waals surface area contributed by atoms with Crippen LogP contribution < -0.4 is 0 Å². The largest absolute Gasteiger partial charge is 0.391 e. The van der Waals surface area contributed by atoms with E-state index in [1.165, 1.54) is 0 Å². The van der Waals surface area contributed by atoms with Gasteiger partial charge in [0.1, 0.15) is 11.7 Å². The minimum atomic E-state index is -1.22. The second-order valence-electron chi connectivity index (χ2n) is 12.5. The smallest absolute Gasteiger partial charge is 0.155 e. The molecule has 3 N–H and O–H groups in total. The summed E-state index contributed by atoms with van der Waals surface area (Å²) in [6.07, 6.45) is 1.21. The number of aliphatic hydroxyl groups is 3. The summed E-state index contributed by atoms with van der Waals surface area (Å²) in [7, 11) is 0. The minimum absolute atomic E-state index is 0.0863. The van der Waals surface area contributed by atoms with E-state index in [2.05, 4.69) is 13.8 Å². The van der Waals surface area contributed by atoms with Crippen molar-refractivity contribution in [3.8, 4) is 0 Å². The van der Waals surface area contributed by atoms with Gasteiger partial charge in [-0.3, -0.25) is 9.59 Å². The topological polar surface area (TPSA) is 94.8 Å². The zero-order valence-electron chi connectivity index (χ0n) is 20.5. The van der Waals surface area contributed by atoms with Gasteiger partial charge in [0, 0.05) is 11.8 Å². The van der Waals surface area contributed by atoms with Crippen molar-refractivity contribution >= 4 is 11.6 Å². The maximum atomic E-state index is 13.9. The van der Waals surface area contributed by atoms with Gasteiger partial charge in [0.15, 0.2) is 5.78 Å². The molecule has 3 aliphatic rings. The first-order chi connectivity index (χ1) is 14.0. The van der Waals surface area contributed by atoms with Crippen LogP contribution in [-0.2, 0) is 9.59 Å². The third kappa shape index (κ3) is 3.38. The molecule has 176 valence electrons. The van der Waals surface area contributed by atoms with Gasteiger partial charge in [0.05, 0.1) is 23.2 Å². The minimum Gasteiger partial charge on any atom is -0.391 e. The van der Waals surface area contributed by atoms with Crippen LogP contribution in [0.3, 0.4) is 0 Å². The third-order valence-corrected chi connectivity index (χ3v) is 8.93. The molecule has 0 aromatic rings. The summed E-state index contributed by atoms with van der Waals surface area (Å²) in [5, 5.41) is 34.4. The lowest BCUT2D eigenvalue weighted by atomic mass is 9.56. The van der Waals surface area contributed by atoms with Crippen molar-refractivity contribution in [3.63, 3.8) is 0 Å². The molecule has 7 atom stereocenters. The maximum Gasteiger partial charge on any atom is 0.155 e. The normalized spacial score (nSPS) is 41.4. The van der Waals surface area contributed by atoms with Crippen molar-refractivity contribution in [2.45, 2.75) is 98.9 Å². The Kier molecular flexibility index (Phi) is 5.95. The van der Waals surface area contributed by atoms with Crippen LogP contribution in [0.25, 0.3) is 0 Å². The summed E-state index contributed by atoms with van der Waals surface area (Å²) in [5.74, 6) is -1.84. The first-order valence-electron chi connectivity index (χ1n) is 11.8. The van der Waals surface area contributed by atoms with E-state index in [9.17, 15) is 24.9 Å². The molecule has 0 amide bonds. The Labute approximate surface area is 187 Å². The molecule has 5 nitrogen and oxygen atoms in total. The van der Waals surface area contributed by atoms with E-state index < -0.39 is 40.0 Å². The van der Waals surface area contributed by atoms with Gasteiger partial charge in [-0.05, 0) is 70.1 Å². The number of ketones is 2. The van der Waals surface area contributed by atoms with Crippen molar-refractivity contribution in [1.29, 1.82) is 0 Å². The first-order valence-corrected chi connectivity index (χ1v) is 11.8. The Morgan fingerprint density at radius 1 is 1.19 bits per heavy atom. The van der Waals surface area contributed by atoms with Crippen LogP contribution in [0.4, 0.5) is 0 Å². The Bertz CT molecular complexity index is 784. The standard InChI is InChI=1S/C26H42O5/c1-14(2)9-10-25-12-18-23(5,6)17(24(7,8)31)13-26(18,22(25)30)21(29)19(20(25)28)16(27)11-15(3)4/h9,15,17-19,21-22,29-31H,10-13H2,1-8H3/t17-,18-,19?,21?,22?,25?,26+/m0/s1. The Morgan fingerprint density at radius 2 is 1.77 bits per heavy atom. The predicted molar refractivity (Wildman–Crippen MR) is 120 cm³/mol. The molecule has 3 aliphatic carbocycles. The molecule has 0 aromatic carbocycles. The second kappa shape index (κ2) is 7.50. The van der Waals surface area contributed by atoms with Crippen molar-refractivity contribution in [2.24, 2.45) is 39.9 Å². The number of fused-ring (bicyclic) bond motifs is 1. The highest BCUT2D eigenvalue weighted by atomic mass is 16.3. The van der Waals surface area contributed by atoms with E-state index in [0.717, 1.165) is 5.57 Å². The van der Waals surface area contributed by atoms with Crippen molar-refractivity contribution < 1.29 is 24.9 Å². The molecule has 2 bridgehead atoms. The molecule has 1 spiro atoms. The number of hydrogen-bond acceptors (Lipinski definition) is 5. The lowest BCUT2D eigenvalue weighted by Gasteiger charge is -2.50. The fourth-order valence-electron chi connectivity index (χ4n) is 7.62. The van der Waals surface area contributed by atoms with E-state index in [1.54, 1.807) is 13.8 Å². The number of carbonyl (C=O) groups excluding carboxylic acids is 2. The SMILES string of the molecule is CC(C)=CCC12C[C@H]3C(C)(C)[C@@H](C(C)(C)O)C[C@@]3(C(O)C(C(=O)CC(C)C)C1=O)C2O. The highest BCUT2D eigenvalue weighted by molar-refractivity contribution is 6.07. The van der Waals surface area contributed by atoms with Crippen LogP contribution in [-0.4, -0.2) is 44.7 Å². The quantitative estimate of drug-likeness (QED) is 0.438. The molecule has 5 heteroatoms. The fourth-order valence-corrected chi connectivity index (χ4v) is 7.62. The number of aliphatic hydroxyl groups excluding tert-OH is 2. The van der Waals surface area contributed by atoms with E-state index in [0.29, 0.717) is 19.3 Å². The van der Waals surface area contributed by atoms with Gasteiger partial charge in [0.25, 0.3) is 0 Å². The van der Waals surface area contributed by atoms with Crippen LogP contribution in [0.5, 0.6) is 0 Å². The Hall–Kier alpha value is -1.04. The van der Waals surface area contributed by atoms with Crippen LogP contribution in [0.1, 0.15) is 81.1 Å². The number of hydrogen-bond donors (Lipinski definition) is 3. The molecule has 0 saturated heterocycles. The first kappa shape index (κ1) is 24.6. The van der Waals surface area contributed by atoms with Crippen molar-refractivity contribution in [3.05, 3.63) is 11.6 Å². The van der Waals surface area contributed by atoms with E-state index in [4.69, 9.17) is 0 Å². The van der Waals surface area contributed by atoms with Gasteiger partial charge in [0.2, 0.25) is 0 Å². The Morgan fingerprint density at radius 3 is 2.26 bits per heavy atom. The van der Waals surface area contributed by atoms with Crippen LogP contribution >= 0.6 is 0 Å². The van der Waals surface area contributed by atoms with Crippen LogP contribution in [0.15, 0.2) is 11.6 Å². The van der Waals surface area contributed by atoms with E-state index in [-0.39, 0.29) is 35.7 Å². The average Bonchev–Trinajstić information content (AvgIpc) is 2.97. The highest BCUT2D eigenvalue weighted by Crippen LogP contribution is 2.75. The fraction of sp³-hybridized carbons (Fsp3) is 0.846. The van der Waals surface area contributed by atoms with Gasteiger partial charge in [-0.2, -0.15) is 0 Å². The zero-order valence-corrected chi connectivity index (χ0v) is 20.5. The number of Topliss-reactive ketones (excluding diaryl/α,β-unsaturated/α-hetero) is 2. The van der Waals surface area contributed by atoms with Crippen LogP contribution in [0, 0.1) is 39.9 Å². The second-order valence-corrected chi connectivity index (χ2v) is 12.5.